The lowest BCUT2D eigenvalue weighted by atomic mass is 10.1. The number of rotatable bonds is 3. The van der Waals surface area contributed by atoms with Crippen LogP contribution < -0.4 is 5.32 Å². The van der Waals surface area contributed by atoms with Crippen molar-refractivity contribution >= 4 is 17.2 Å². The minimum atomic E-state index is 0.0463. The van der Waals surface area contributed by atoms with E-state index in [4.69, 9.17) is 4.74 Å². The third-order valence-electron chi connectivity index (χ3n) is 3.91. The van der Waals surface area contributed by atoms with Crippen molar-refractivity contribution in [1.82, 2.24) is 10.2 Å². The molecule has 2 unspecified atom stereocenters. The van der Waals surface area contributed by atoms with E-state index >= 15 is 0 Å². The molecule has 3 heterocycles. The van der Waals surface area contributed by atoms with Crippen molar-refractivity contribution in [3.8, 4) is 0 Å². The molecule has 2 fully saturated rings. The lowest BCUT2D eigenvalue weighted by Crippen LogP contribution is -2.42. The number of carbonyl (C=O) groups is 1. The molecule has 1 aromatic heterocycles. The molecule has 3 rings (SSSR count). The summed E-state index contributed by atoms with van der Waals surface area (Å²) in [6.07, 6.45) is 2.75. The van der Waals surface area contributed by atoms with Crippen LogP contribution in [0.5, 0.6) is 0 Å². The number of carbonyl (C=O) groups excluding carboxylic acids is 1. The highest BCUT2D eigenvalue weighted by Gasteiger charge is 2.31. The van der Waals surface area contributed by atoms with Crippen LogP contribution in [0.2, 0.25) is 0 Å². The zero-order chi connectivity index (χ0) is 13.1. The first-order valence-corrected chi connectivity index (χ1v) is 7.93. The van der Waals surface area contributed by atoms with E-state index in [2.05, 4.69) is 22.1 Å². The lowest BCUT2D eigenvalue weighted by Gasteiger charge is -2.28. The summed E-state index contributed by atoms with van der Waals surface area (Å²) in [6.45, 7) is 3.29. The molecule has 0 aliphatic carbocycles. The number of amides is 1. The van der Waals surface area contributed by atoms with E-state index in [1.165, 1.54) is 5.56 Å². The zero-order valence-corrected chi connectivity index (χ0v) is 11.8. The first kappa shape index (κ1) is 13.1. The maximum atomic E-state index is 12.4. The Balaban J connectivity index is 1.62. The molecule has 2 atom stereocenters. The SMILES string of the molecule is O=C(CC1CNCCO1)N1CCCC1c1ccsc1. The van der Waals surface area contributed by atoms with Gasteiger partial charge in [0.05, 0.1) is 25.2 Å². The Bertz CT molecular complexity index is 415. The van der Waals surface area contributed by atoms with Crippen molar-refractivity contribution < 1.29 is 9.53 Å². The quantitative estimate of drug-likeness (QED) is 0.918. The third-order valence-corrected chi connectivity index (χ3v) is 4.61. The standard InChI is InChI=1S/C14H20N2O2S/c17-14(8-12-9-15-4-6-18-12)16-5-1-2-13(16)11-3-7-19-10-11/h3,7,10,12-13,15H,1-2,4-6,8-9H2. The van der Waals surface area contributed by atoms with Crippen molar-refractivity contribution in [3.63, 3.8) is 0 Å². The van der Waals surface area contributed by atoms with Gasteiger partial charge in [0.2, 0.25) is 5.91 Å². The Labute approximate surface area is 117 Å². The fourth-order valence-electron chi connectivity index (χ4n) is 2.94. The average molecular weight is 280 g/mol. The average Bonchev–Trinajstić information content (AvgIpc) is 3.10. The van der Waals surface area contributed by atoms with E-state index in [0.717, 1.165) is 32.5 Å². The van der Waals surface area contributed by atoms with Gasteiger partial charge in [-0.05, 0) is 35.2 Å². The number of nitrogens with zero attached hydrogens (tertiary/aromatic N) is 1. The van der Waals surface area contributed by atoms with E-state index in [-0.39, 0.29) is 18.1 Å². The first-order valence-electron chi connectivity index (χ1n) is 6.98. The van der Waals surface area contributed by atoms with Crippen LogP contribution in [-0.4, -0.2) is 43.2 Å². The van der Waals surface area contributed by atoms with Crippen LogP contribution in [0.3, 0.4) is 0 Å². The second-order valence-corrected chi connectivity index (χ2v) is 5.98. The van der Waals surface area contributed by atoms with Gasteiger partial charge in [-0.25, -0.2) is 0 Å². The summed E-state index contributed by atoms with van der Waals surface area (Å²) in [5, 5.41) is 7.52. The van der Waals surface area contributed by atoms with Crippen LogP contribution in [0.15, 0.2) is 16.8 Å². The maximum absolute atomic E-state index is 12.4. The zero-order valence-electron chi connectivity index (χ0n) is 11.0. The molecule has 0 aromatic carbocycles. The van der Waals surface area contributed by atoms with Gasteiger partial charge in [-0.3, -0.25) is 4.79 Å². The number of likely N-dealkylation sites (tertiary alicyclic amines) is 1. The summed E-state index contributed by atoms with van der Waals surface area (Å²) in [7, 11) is 0. The van der Waals surface area contributed by atoms with Crippen molar-refractivity contribution in [2.75, 3.05) is 26.2 Å². The van der Waals surface area contributed by atoms with E-state index in [0.29, 0.717) is 13.0 Å². The molecule has 0 bridgehead atoms. The molecular weight excluding hydrogens is 260 g/mol. The summed E-state index contributed by atoms with van der Waals surface area (Å²) in [5.41, 5.74) is 1.29. The molecule has 0 spiro atoms. The Morgan fingerprint density at radius 1 is 1.58 bits per heavy atom. The normalized spacial score (nSPS) is 27.7. The van der Waals surface area contributed by atoms with Gasteiger partial charge in [0.15, 0.2) is 0 Å². The van der Waals surface area contributed by atoms with Crippen LogP contribution >= 0.6 is 11.3 Å². The monoisotopic (exact) mass is 280 g/mol. The minimum Gasteiger partial charge on any atom is -0.375 e. The Kier molecular flexibility index (Phi) is 4.15. The summed E-state index contributed by atoms with van der Waals surface area (Å²) < 4.78 is 5.63. The lowest BCUT2D eigenvalue weighted by molar-refractivity contribution is -0.135. The highest BCUT2D eigenvalue weighted by molar-refractivity contribution is 7.07. The van der Waals surface area contributed by atoms with E-state index < -0.39 is 0 Å². The summed E-state index contributed by atoms with van der Waals surface area (Å²) in [5.74, 6) is 0.238. The van der Waals surface area contributed by atoms with Gasteiger partial charge < -0.3 is 15.0 Å². The van der Waals surface area contributed by atoms with Gasteiger partial charge in [-0.15, -0.1) is 0 Å². The predicted molar refractivity (Wildman–Crippen MR) is 75.2 cm³/mol. The number of nitrogens with one attached hydrogen (secondary N) is 1. The number of hydrogen-bond donors (Lipinski definition) is 1. The predicted octanol–water partition coefficient (Wildman–Crippen LogP) is 1.79. The number of morpholine rings is 1. The molecule has 5 heteroatoms. The molecular formula is C14H20N2O2S. The fourth-order valence-corrected chi connectivity index (χ4v) is 3.65. The number of thiophene rings is 1. The van der Waals surface area contributed by atoms with Gasteiger partial charge in [-0.1, -0.05) is 0 Å². The van der Waals surface area contributed by atoms with Gasteiger partial charge in [0.25, 0.3) is 0 Å². The van der Waals surface area contributed by atoms with Crippen molar-refractivity contribution in [1.29, 1.82) is 0 Å². The largest absolute Gasteiger partial charge is 0.375 e. The molecule has 0 saturated carbocycles. The maximum Gasteiger partial charge on any atom is 0.225 e. The number of ether oxygens (including phenoxy) is 1. The smallest absolute Gasteiger partial charge is 0.225 e. The van der Waals surface area contributed by atoms with Crippen molar-refractivity contribution in [2.24, 2.45) is 0 Å². The van der Waals surface area contributed by atoms with Gasteiger partial charge in [0.1, 0.15) is 0 Å². The van der Waals surface area contributed by atoms with E-state index in [9.17, 15) is 4.79 Å². The topological polar surface area (TPSA) is 41.6 Å². The highest BCUT2D eigenvalue weighted by Crippen LogP contribution is 2.33. The minimum absolute atomic E-state index is 0.0463. The molecule has 4 nitrogen and oxygen atoms in total. The van der Waals surface area contributed by atoms with E-state index in [1.807, 2.05) is 4.90 Å². The summed E-state index contributed by atoms with van der Waals surface area (Å²) in [6, 6.07) is 2.43. The number of hydrogen-bond acceptors (Lipinski definition) is 4. The van der Waals surface area contributed by atoms with Crippen LogP contribution in [0.4, 0.5) is 0 Å². The first-order chi connectivity index (χ1) is 9.34. The Morgan fingerprint density at radius 3 is 3.26 bits per heavy atom. The Hall–Kier alpha value is -0.910. The fraction of sp³-hybridized carbons (Fsp3) is 0.643. The van der Waals surface area contributed by atoms with E-state index in [1.54, 1.807) is 11.3 Å². The van der Waals surface area contributed by atoms with Gasteiger partial charge >= 0.3 is 0 Å². The van der Waals surface area contributed by atoms with Crippen molar-refractivity contribution in [3.05, 3.63) is 22.4 Å². The highest BCUT2D eigenvalue weighted by atomic mass is 32.1. The molecule has 0 radical (unpaired) electrons. The molecule has 2 saturated heterocycles. The van der Waals surface area contributed by atoms with Crippen molar-refractivity contribution in [2.45, 2.75) is 31.4 Å². The van der Waals surface area contributed by atoms with Gasteiger partial charge in [0, 0.05) is 19.6 Å². The third kappa shape index (κ3) is 2.99. The van der Waals surface area contributed by atoms with Crippen LogP contribution in [-0.2, 0) is 9.53 Å². The molecule has 1 N–H and O–H groups in total. The second-order valence-electron chi connectivity index (χ2n) is 5.20. The summed E-state index contributed by atoms with van der Waals surface area (Å²) >= 11 is 1.70. The molecule has 2 aliphatic rings. The molecule has 1 amide bonds. The van der Waals surface area contributed by atoms with Crippen LogP contribution in [0.25, 0.3) is 0 Å². The second kappa shape index (κ2) is 6.03. The van der Waals surface area contributed by atoms with Gasteiger partial charge in [-0.2, -0.15) is 11.3 Å². The summed E-state index contributed by atoms with van der Waals surface area (Å²) in [4.78, 5) is 14.5. The van der Waals surface area contributed by atoms with Crippen LogP contribution in [0, 0.1) is 0 Å². The Morgan fingerprint density at radius 2 is 2.53 bits per heavy atom. The molecule has 104 valence electrons. The molecule has 1 aromatic rings. The molecule has 2 aliphatic heterocycles. The van der Waals surface area contributed by atoms with Crippen LogP contribution in [0.1, 0.15) is 30.9 Å². The molecule has 19 heavy (non-hydrogen) atoms.